The van der Waals surface area contributed by atoms with Crippen LogP contribution in [0.15, 0.2) is 60.7 Å². The largest absolute Gasteiger partial charge is 0.458 e. The molecule has 3 N–H and O–H groups in total. The summed E-state index contributed by atoms with van der Waals surface area (Å²) in [6.07, 6.45) is -0.455. The number of nitrogens with one attached hydrogen (secondary N) is 3. The number of hydrogen-bond acceptors (Lipinski definition) is 8. The Hall–Kier alpha value is -4.45. The molecule has 12 nitrogen and oxygen atoms in total. The van der Waals surface area contributed by atoms with Crippen LogP contribution in [0.25, 0.3) is 0 Å². The number of ether oxygens (including phenoxy) is 2. The molecule has 45 heavy (non-hydrogen) atoms. The third kappa shape index (κ3) is 7.80. The van der Waals surface area contributed by atoms with Crippen molar-refractivity contribution in [1.29, 1.82) is 0 Å². The molecule has 2 heterocycles. The fourth-order valence-corrected chi connectivity index (χ4v) is 5.81. The van der Waals surface area contributed by atoms with Crippen molar-refractivity contribution in [2.24, 2.45) is 5.92 Å². The number of carbonyl (C=O) groups is 5. The van der Waals surface area contributed by atoms with Gasteiger partial charge in [0.2, 0.25) is 11.8 Å². The summed E-state index contributed by atoms with van der Waals surface area (Å²) in [5.41, 5.74) is -0.350. The number of alkyl carbamates (subject to hydrolysis) is 1. The minimum absolute atomic E-state index is 0.0509. The standard InChI is InChI=1S/C33H43N5O7/c1-21(2)28-27(36-26(40)19-34-25(39)18-35-31(43)44-20-22-13-9-7-10-14-22)29(41)38-33(6,30(42)45-32(3,4)5)17-24(37(28)38)23-15-11-8-12-16-23/h7-16,21,24,27-28H,17-20H2,1-6H3,(H,34,39)(H,35,43)(H,36,40)/t24-,27-,28-,33-/m1/s1. The Balaban J connectivity index is 1.42. The second kappa shape index (κ2) is 13.7. The van der Waals surface area contributed by atoms with Crippen LogP contribution < -0.4 is 16.0 Å². The molecule has 2 aliphatic rings. The van der Waals surface area contributed by atoms with E-state index in [1.54, 1.807) is 39.8 Å². The molecule has 2 aliphatic heterocycles. The molecule has 4 rings (SSSR count). The van der Waals surface area contributed by atoms with Gasteiger partial charge in [-0.3, -0.25) is 19.4 Å². The van der Waals surface area contributed by atoms with E-state index in [-0.39, 0.29) is 18.6 Å². The second-order valence-electron chi connectivity index (χ2n) is 12.9. The summed E-state index contributed by atoms with van der Waals surface area (Å²) >= 11 is 0. The van der Waals surface area contributed by atoms with Gasteiger partial charge >= 0.3 is 12.1 Å². The van der Waals surface area contributed by atoms with E-state index in [2.05, 4.69) is 16.0 Å². The molecule has 0 saturated carbocycles. The van der Waals surface area contributed by atoms with Crippen LogP contribution >= 0.6 is 0 Å². The lowest BCUT2D eigenvalue weighted by atomic mass is 9.87. The maximum atomic E-state index is 14.1. The van der Waals surface area contributed by atoms with Crippen molar-refractivity contribution < 1.29 is 33.4 Å². The van der Waals surface area contributed by atoms with E-state index in [1.165, 1.54) is 5.01 Å². The summed E-state index contributed by atoms with van der Waals surface area (Å²) in [6, 6.07) is 16.9. The molecule has 2 aromatic carbocycles. The fourth-order valence-electron chi connectivity index (χ4n) is 5.81. The van der Waals surface area contributed by atoms with Crippen LogP contribution in [0.4, 0.5) is 4.79 Å². The Morgan fingerprint density at radius 1 is 0.933 bits per heavy atom. The molecule has 2 fully saturated rings. The Morgan fingerprint density at radius 3 is 2.13 bits per heavy atom. The zero-order valence-electron chi connectivity index (χ0n) is 26.7. The van der Waals surface area contributed by atoms with Crippen LogP contribution in [0.1, 0.15) is 65.1 Å². The van der Waals surface area contributed by atoms with Crippen LogP contribution in [-0.4, -0.2) is 76.1 Å². The van der Waals surface area contributed by atoms with Gasteiger partial charge in [-0.15, -0.1) is 0 Å². The number of hydrogen-bond donors (Lipinski definition) is 3. The lowest BCUT2D eigenvalue weighted by Gasteiger charge is -2.37. The first-order valence-electron chi connectivity index (χ1n) is 15.1. The summed E-state index contributed by atoms with van der Waals surface area (Å²) < 4.78 is 10.9. The Morgan fingerprint density at radius 2 is 1.53 bits per heavy atom. The monoisotopic (exact) mass is 621 g/mol. The van der Waals surface area contributed by atoms with Crippen molar-refractivity contribution in [2.75, 3.05) is 13.1 Å². The van der Waals surface area contributed by atoms with E-state index in [0.29, 0.717) is 6.42 Å². The molecule has 0 aromatic heterocycles. The van der Waals surface area contributed by atoms with E-state index in [4.69, 9.17) is 9.47 Å². The Labute approximate surface area is 263 Å². The van der Waals surface area contributed by atoms with E-state index < -0.39 is 66.1 Å². The summed E-state index contributed by atoms with van der Waals surface area (Å²) in [5.74, 6) is -2.24. The normalized spacial score (nSPS) is 23.0. The second-order valence-corrected chi connectivity index (χ2v) is 12.9. The molecular formula is C33H43N5O7. The molecule has 0 aliphatic carbocycles. The van der Waals surface area contributed by atoms with Crippen molar-refractivity contribution in [3.63, 3.8) is 0 Å². The molecule has 0 bridgehead atoms. The van der Waals surface area contributed by atoms with Gasteiger partial charge < -0.3 is 25.4 Å². The topological polar surface area (TPSA) is 146 Å². The smallest absolute Gasteiger partial charge is 0.407 e. The quantitative estimate of drug-likeness (QED) is 0.344. The molecule has 4 amide bonds. The van der Waals surface area contributed by atoms with Gasteiger partial charge in [-0.2, -0.15) is 0 Å². The summed E-state index contributed by atoms with van der Waals surface area (Å²) in [4.78, 5) is 65.1. The summed E-state index contributed by atoms with van der Waals surface area (Å²) in [7, 11) is 0. The number of esters is 1. The van der Waals surface area contributed by atoms with Crippen molar-refractivity contribution in [2.45, 2.75) is 83.8 Å². The minimum Gasteiger partial charge on any atom is -0.458 e. The van der Waals surface area contributed by atoms with Gasteiger partial charge in [-0.25, -0.2) is 14.6 Å². The maximum absolute atomic E-state index is 14.1. The van der Waals surface area contributed by atoms with Crippen LogP contribution in [0.2, 0.25) is 0 Å². The molecule has 4 atom stereocenters. The van der Waals surface area contributed by atoms with E-state index >= 15 is 0 Å². The number of carbonyl (C=O) groups excluding carboxylic acids is 5. The van der Waals surface area contributed by atoms with Crippen molar-refractivity contribution in [3.05, 3.63) is 71.8 Å². The first-order valence-corrected chi connectivity index (χ1v) is 15.1. The highest BCUT2D eigenvalue weighted by molar-refractivity contribution is 5.96. The van der Waals surface area contributed by atoms with E-state index in [0.717, 1.165) is 11.1 Å². The van der Waals surface area contributed by atoms with E-state index in [9.17, 15) is 24.0 Å². The fraction of sp³-hybridized carbons (Fsp3) is 0.485. The van der Waals surface area contributed by atoms with Crippen LogP contribution in [0, 0.1) is 5.92 Å². The number of amides is 4. The third-order valence-electron chi connectivity index (χ3n) is 7.81. The van der Waals surface area contributed by atoms with Gasteiger partial charge in [0.25, 0.3) is 5.91 Å². The highest BCUT2D eigenvalue weighted by Crippen LogP contribution is 2.50. The van der Waals surface area contributed by atoms with Crippen LogP contribution in [-0.2, 0) is 35.3 Å². The molecular weight excluding hydrogens is 578 g/mol. The predicted octanol–water partition coefficient (Wildman–Crippen LogP) is 2.84. The molecule has 0 unspecified atom stereocenters. The predicted molar refractivity (Wildman–Crippen MR) is 165 cm³/mol. The minimum atomic E-state index is -1.31. The number of nitrogens with zero attached hydrogens (tertiary/aromatic N) is 2. The third-order valence-corrected chi connectivity index (χ3v) is 7.81. The van der Waals surface area contributed by atoms with Crippen molar-refractivity contribution in [3.8, 4) is 0 Å². The molecule has 2 saturated heterocycles. The molecule has 0 spiro atoms. The number of hydrazine groups is 1. The molecule has 2 aromatic rings. The number of fused-ring (bicyclic) bond motifs is 1. The van der Waals surface area contributed by atoms with Gasteiger partial charge in [0.1, 0.15) is 24.8 Å². The lowest BCUT2D eigenvalue weighted by molar-refractivity contribution is -0.178. The zero-order chi connectivity index (χ0) is 32.9. The van der Waals surface area contributed by atoms with Crippen LogP contribution in [0.3, 0.4) is 0 Å². The van der Waals surface area contributed by atoms with Crippen molar-refractivity contribution in [1.82, 2.24) is 26.0 Å². The zero-order valence-corrected chi connectivity index (χ0v) is 26.7. The molecule has 0 radical (unpaired) electrons. The number of benzene rings is 2. The first kappa shape index (κ1) is 33.4. The molecule has 12 heteroatoms. The Bertz CT molecular complexity index is 1400. The van der Waals surface area contributed by atoms with Gasteiger partial charge in [-0.1, -0.05) is 74.5 Å². The van der Waals surface area contributed by atoms with Gasteiger partial charge in [0, 0.05) is 6.42 Å². The van der Waals surface area contributed by atoms with E-state index in [1.807, 2.05) is 67.4 Å². The lowest BCUT2D eigenvalue weighted by Crippen LogP contribution is -2.56. The summed E-state index contributed by atoms with van der Waals surface area (Å²) in [5, 5.41) is 11.0. The highest BCUT2D eigenvalue weighted by atomic mass is 16.6. The maximum Gasteiger partial charge on any atom is 0.407 e. The van der Waals surface area contributed by atoms with Crippen LogP contribution in [0.5, 0.6) is 0 Å². The SMILES string of the molecule is CC(C)[C@@H]1[C@@H](NC(=O)CNC(=O)CNC(=O)OCc2ccccc2)C(=O)N2N1[C@@H](c1ccccc1)C[C@]2(C)C(=O)OC(C)(C)C. The number of rotatable bonds is 10. The van der Waals surface area contributed by atoms with Gasteiger partial charge in [0.05, 0.1) is 18.6 Å². The summed E-state index contributed by atoms with van der Waals surface area (Å²) in [6.45, 7) is 10.2. The first-order chi connectivity index (χ1) is 21.2. The molecule has 242 valence electrons. The van der Waals surface area contributed by atoms with Gasteiger partial charge in [0.15, 0.2) is 5.54 Å². The average molecular weight is 622 g/mol. The average Bonchev–Trinajstić information content (AvgIpc) is 3.46. The van der Waals surface area contributed by atoms with Gasteiger partial charge in [-0.05, 0) is 44.7 Å². The van der Waals surface area contributed by atoms with Crippen molar-refractivity contribution >= 4 is 29.8 Å². The Kier molecular flexibility index (Phi) is 10.2. The highest BCUT2D eigenvalue weighted by Gasteiger charge is 2.65.